The van der Waals surface area contributed by atoms with Crippen LogP contribution in [0.2, 0.25) is 0 Å². The average molecular weight is 946 g/mol. The zero-order valence-electron chi connectivity index (χ0n) is 40.4. The minimum absolute atomic E-state index is 0.848. The summed E-state index contributed by atoms with van der Waals surface area (Å²) in [5.74, 6) is 0. The van der Waals surface area contributed by atoms with Crippen LogP contribution < -0.4 is 14.7 Å². The number of nitrogens with zero attached hydrogens (tertiary/aromatic N) is 3. The van der Waals surface area contributed by atoms with Crippen LogP contribution in [0.4, 0.5) is 51.2 Å². The maximum atomic E-state index is 6.46. The molecule has 0 aliphatic heterocycles. The van der Waals surface area contributed by atoms with Gasteiger partial charge in [0.25, 0.3) is 0 Å². The quantitative estimate of drug-likeness (QED) is 0.127. The molecule has 4 heteroatoms. The van der Waals surface area contributed by atoms with Crippen molar-refractivity contribution in [1.82, 2.24) is 0 Å². The summed E-state index contributed by atoms with van der Waals surface area (Å²) in [6.45, 7) is 0. The van der Waals surface area contributed by atoms with Crippen molar-refractivity contribution >= 4 is 116 Å². The van der Waals surface area contributed by atoms with Gasteiger partial charge in [-0.1, -0.05) is 194 Å². The first kappa shape index (κ1) is 42.9. The van der Waals surface area contributed by atoms with Crippen LogP contribution in [0.25, 0.3) is 76.2 Å². The molecule has 348 valence electrons. The SMILES string of the molecule is c1ccc(-c2ccc(N(c3cc(N(c4ccccc4)c4cc5ccccc5c5ccccc45)cc(N(c4ccccc4)c4cc5ccccc5c5ccccc45)c3)c3ccc4oc5ccccc5c4c3)cc2)cc1. The van der Waals surface area contributed by atoms with Crippen molar-refractivity contribution in [2.75, 3.05) is 14.7 Å². The van der Waals surface area contributed by atoms with Gasteiger partial charge in [-0.15, -0.1) is 0 Å². The molecule has 0 N–H and O–H groups in total. The summed E-state index contributed by atoms with van der Waals surface area (Å²) in [5.41, 5.74) is 13.3. The molecule has 13 aromatic carbocycles. The summed E-state index contributed by atoms with van der Waals surface area (Å²) >= 11 is 0. The Morgan fingerprint density at radius 3 is 1.12 bits per heavy atom. The van der Waals surface area contributed by atoms with Crippen molar-refractivity contribution < 1.29 is 4.42 Å². The molecule has 0 fully saturated rings. The zero-order valence-corrected chi connectivity index (χ0v) is 40.4. The van der Waals surface area contributed by atoms with Crippen molar-refractivity contribution in [3.8, 4) is 11.1 Å². The molecule has 0 bridgehead atoms. The molecule has 0 saturated carbocycles. The molecule has 0 unspecified atom stereocenters. The summed E-state index contributed by atoms with van der Waals surface area (Å²) in [5, 5.41) is 11.7. The number of para-hydroxylation sites is 3. The molecule has 0 aliphatic rings. The van der Waals surface area contributed by atoms with Crippen molar-refractivity contribution in [2.24, 2.45) is 0 Å². The van der Waals surface area contributed by atoms with Crippen molar-refractivity contribution in [3.05, 3.63) is 285 Å². The predicted octanol–water partition coefficient (Wildman–Crippen LogP) is 20.3. The van der Waals surface area contributed by atoms with Gasteiger partial charge in [0.05, 0.1) is 28.4 Å². The molecule has 14 aromatic rings. The minimum Gasteiger partial charge on any atom is -0.456 e. The van der Waals surface area contributed by atoms with E-state index in [0.29, 0.717) is 0 Å². The van der Waals surface area contributed by atoms with Crippen molar-refractivity contribution in [2.45, 2.75) is 0 Å². The van der Waals surface area contributed by atoms with E-state index in [1.165, 1.54) is 37.9 Å². The summed E-state index contributed by atoms with van der Waals surface area (Å²) in [6, 6.07) is 103. The van der Waals surface area contributed by atoms with E-state index in [9.17, 15) is 0 Å². The van der Waals surface area contributed by atoms with Crippen LogP contribution in [0.3, 0.4) is 0 Å². The molecule has 74 heavy (non-hydrogen) atoms. The minimum atomic E-state index is 0.848. The number of hydrogen-bond acceptors (Lipinski definition) is 4. The van der Waals surface area contributed by atoms with Crippen LogP contribution in [0.15, 0.2) is 290 Å². The Labute approximate surface area is 429 Å². The molecule has 1 heterocycles. The second-order valence-electron chi connectivity index (χ2n) is 18.9. The van der Waals surface area contributed by atoms with E-state index < -0.39 is 0 Å². The van der Waals surface area contributed by atoms with E-state index in [4.69, 9.17) is 4.42 Å². The number of anilines is 9. The molecule has 1 aromatic heterocycles. The highest BCUT2D eigenvalue weighted by atomic mass is 16.3. The third-order valence-electron chi connectivity index (χ3n) is 14.5. The number of fused-ring (bicyclic) bond motifs is 9. The first-order valence-corrected chi connectivity index (χ1v) is 25.2. The smallest absolute Gasteiger partial charge is 0.135 e. The molecule has 0 spiro atoms. The lowest BCUT2D eigenvalue weighted by Crippen LogP contribution is -2.16. The molecule has 0 atom stereocenters. The third kappa shape index (κ3) is 7.48. The molecular formula is C70H47N3O. The Morgan fingerprint density at radius 1 is 0.203 bits per heavy atom. The highest BCUT2D eigenvalue weighted by Crippen LogP contribution is 2.50. The van der Waals surface area contributed by atoms with Crippen molar-refractivity contribution in [1.29, 1.82) is 0 Å². The van der Waals surface area contributed by atoms with E-state index in [0.717, 1.165) is 89.5 Å². The van der Waals surface area contributed by atoms with Crippen LogP contribution in [-0.2, 0) is 0 Å². The highest BCUT2D eigenvalue weighted by Gasteiger charge is 2.25. The highest BCUT2D eigenvalue weighted by molar-refractivity contribution is 6.16. The predicted molar refractivity (Wildman–Crippen MR) is 313 cm³/mol. The lowest BCUT2D eigenvalue weighted by atomic mass is 9.98. The number of rotatable bonds is 10. The second kappa shape index (κ2) is 18.1. The summed E-state index contributed by atoms with van der Waals surface area (Å²) < 4.78 is 6.46. The molecule has 14 rings (SSSR count). The number of benzene rings is 13. The normalized spacial score (nSPS) is 11.5. The van der Waals surface area contributed by atoms with Gasteiger partial charge in [-0.2, -0.15) is 0 Å². The lowest BCUT2D eigenvalue weighted by Gasteiger charge is -2.34. The summed E-state index contributed by atoms with van der Waals surface area (Å²) in [6.07, 6.45) is 0. The number of furan rings is 1. The molecule has 4 nitrogen and oxygen atoms in total. The van der Waals surface area contributed by atoms with Gasteiger partial charge in [0, 0.05) is 44.3 Å². The monoisotopic (exact) mass is 945 g/mol. The molecule has 0 radical (unpaired) electrons. The maximum Gasteiger partial charge on any atom is 0.135 e. The fourth-order valence-electron chi connectivity index (χ4n) is 11.1. The van der Waals surface area contributed by atoms with Crippen LogP contribution in [-0.4, -0.2) is 0 Å². The maximum absolute atomic E-state index is 6.46. The topological polar surface area (TPSA) is 22.9 Å². The van der Waals surface area contributed by atoms with Gasteiger partial charge in [0.15, 0.2) is 0 Å². The Hall–Kier alpha value is -9.90. The Kier molecular flexibility index (Phi) is 10.5. The summed E-state index contributed by atoms with van der Waals surface area (Å²) in [7, 11) is 0. The standard InChI is InChI=1S/C70H47N3O/c1-4-20-48(21-5-1)49-36-38-54(39-37-49)71(55-40-41-70-66(47-55)65-34-18-19-35-69(65)74-70)56-44-57(72(52-24-6-2-7-25-52)67-42-50-22-10-12-28-59(50)61-30-14-16-32-63(61)67)46-58(45-56)73(53-26-8-3-9-27-53)68-43-51-23-11-13-29-60(51)62-31-15-17-33-64(62)68/h1-47H. The molecular weight excluding hydrogens is 899 g/mol. The van der Waals surface area contributed by atoms with Gasteiger partial charge in [0.1, 0.15) is 11.2 Å². The fourth-order valence-corrected chi connectivity index (χ4v) is 11.1. The Morgan fingerprint density at radius 2 is 0.581 bits per heavy atom. The van der Waals surface area contributed by atoms with E-state index >= 15 is 0 Å². The van der Waals surface area contributed by atoms with E-state index in [-0.39, 0.29) is 0 Å². The first-order chi connectivity index (χ1) is 36.7. The Balaban J connectivity index is 1.10. The van der Waals surface area contributed by atoms with E-state index in [1.54, 1.807) is 0 Å². The van der Waals surface area contributed by atoms with Gasteiger partial charge in [-0.3, -0.25) is 0 Å². The van der Waals surface area contributed by atoms with Crippen LogP contribution in [0, 0.1) is 0 Å². The first-order valence-electron chi connectivity index (χ1n) is 25.2. The molecule has 0 amide bonds. The van der Waals surface area contributed by atoms with E-state index in [2.05, 4.69) is 288 Å². The second-order valence-corrected chi connectivity index (χ2v) is 18.9. The Bertz CT molecular complexity index is 4200. The molecule has 0 aliphatic carbocycles. The average Bonchev–Trinajstić information content (AvgIpc) is 3.86. The summed E-state index contributed by atoms with van der Waals surface area (Å²) in [4.78, 5) is 7.31. The lowest BCUT2D eigenvalue weighted by molar-refractivity contribution is 0.669. The van der Waals surface area contributed by atoms with Gasteiger partial charge in [-0.25, -0.2) is 0 Å². The van der Waals surface area contributed by atoms with Crippen LogP contribution in [0.1, 0.15) is 0 Å². The molecule has 0 saturated heterocycles. The van der Waals surface area contributed by atoms with Gasteiger partial charge in [0.2, 0.25) is 0 Å². The van der Waals surface area contributed by atoms with Gasteiger partial charge < -0.3 is 19.1 Å². The van der Waals surface area contributed by atoms with Crippen molar-refractivity contribution in [3.63, 3.8) is 0 Å². The van der Waals surface area contributed by atoms with Gasteiger partial charge in [-0.05, 0) is 134 Å². The fraction of sp³-hybridized carbons (Fsp3) is 0. The zero-order chi connectivity index (χ0) is 49.0. The largest absolute Gasteiger partial charge is 0.456 e. The number of hydrogen-bond donors (Lipinski definition) is 0. The van der Waals surface area contributed by atoms with Crippen LogP contribution in [0.5, 0.6) is 0 Å². The van der Waals surface area contributed by atoms with Gasteiger partial charge >= 0.3 is 0 Å². The van der Waals surface area contributed by atoms with Crippen LogP contribution >= 0.6 is 0 Å². The van der Waals surface area contributed by atoms with E-state index in [1.807, 2.05) is 12.1 Å². The third-order valence-corrected chi connectivity index (χ3v) is 14.5.